The van der Waals surface area contributed by atoms with Crippen molar-refractivity contribution in [1.29, 1.82) is 0 Å². The lowest BCUT2D eigenvalue weighted by atomic mass is 9.94. The molecule has 26 heavy (non-hydrogen) atoms. The van der Waals surface area contributed by atoms with Crippen molar-refractivity contribution < 1.29 is 13.2 Å². The monoisotopic (exact) mass is 401 g/mol. The van der Waals surface area contributed by atoms with Crippen LogP contribution in [-0.2, 0) is 10.0 Å². The summed E-state index contributed by atoms with van der Waals surface area (Å²) in [5.41, 5.74) is 0.543. The van der Waals surface area contributed by atoms with Gasteiger partial charge in [0.15, 0.2) is 0 Å². The second-order valence-corrected chi connectivity index (χ2v) is 9.27. The van der Waals surface area contributed by atoms with Gasteiger partial charge in [-0.15, -0.1) is 12.4 Å². The van der Waals surface area contributed by atoms with Gasteiger partial charge in [0, 0.05) is 44.8 Å². The molecule has 0 bridgehead atoms. The molecule has 0 radical (unpaired) electrons. The van der Waals surface area contributed by atoms with Crippen LogP contribution in [0.4, 0.5) is 0 Å². The van der Waals surface area contributed by atoms with E-state index in [9.17, 15) is 13.2 Å². The predicted octanol–water partition coefficient (Wildman–Crippen LogP) is 1.82. The second-order valence-electron chi connectivity index (χ2n) is 7.33. The average Bonchev–Trinajstić information content (AvgIpc) is 2.61. The van der Waals surface area contributed by atoms with Gasteiger partial charge < -0.3 is 10.2 Å². The van der Waals surface area contributed by atoms with Crippen molar-refractivity contribution in [2.45, 2.75) is 25.2 Å². The first-order valence-electron chi connectivity index (χ1n) is 8.98. The summed E-state index contributed by atoms with van der Waals surface area (Å²) < 4.78 is 27.3. The quantitative estimate of drug-likeness (QED) is 0.838. The lowest BCUT2D eigenvalue weighted by Gasteiger charge is -2.34. The number of benzene rings is 1. The number of halogens is 1. The number of hydrogen-bond donors (Lipinski definition) is 1. The molecule has 8 heteroatoms. The summed E-state index contributed by atoms with van der Waals surface area (Å²) in [6.07, 6.45) is 1.06. The largest absolute Gasteiger partial charge is 0.336 e. The van der Waals surface area contributed by atoms with Gasteiger partial charge in [-0.3, -0.25) is 4.79 Å². The van der Waals surface area contributed by atoms with Crippen molar-refractivity contribution in [2.24, 2.45) is 11.8 Å². The molecule has 2 heterocycles. The molecule has 6 nitrogen and oxygen atoms in total. The van der Waals surface area contributed by atoms with E-state index < -0.39 is 10.0 Å². The van der Waals surface area contributed by atoms with Crippen molar-refractivity contribution in [1.82, 2.24) is 14.5 Å². The molecule has 1 amide bonds. The third-order valence-corrected chi connectivity index (χ3v) is 6.82. The van der Waals surface area contributed by atoms with Gasteiger partial charge in [-0.05, 0) is 42.5 Å². The maximum Gasteiger partial charge on any atom is 0.253 e. The smallest absolute Gasteiger partial charge is 0.253 e. The Kier molecular flexibility index (Phi) is 7.07. The number of hydrogen-bond acceptors (Lipinski definition) is 4. The molecule has 2 aliphatic heterocycles. The van der Waals surface area contributed by atoms with Gasteiger partial charge in [0.1, 0.15) is 0 Å². The van der Waals surface area contributed by atoms with Crippen LogP contribution in [0.5, 0.6) is 0 Å². The van der Waals surface area contributed by atoms with E-state index in [2.05, 4.69) is 19.2 Å². The zero-order valence-corrected chi connectivity index (χ0v) is 17.0. The zero-order chi connectivity index (χ0) is 18.0. The van der Waals surface area contributed by atoms with Gasteiger partial charge >= 0.3 is 0 Å². The number of carbonyl (C=O) groups is 1. The topological polar surface area (TPSA) is 69.7 Å². The number of nitrogens with zero attached hydrogens (tertiary/aromatic N) is 2. The fourth-order valence-electron chi connectivity index (χ4n) is 3.77. The molecule has 2 unspecified atom stereocenters. The van der Waals surface area contributed by atoms with Gasteiger partial charge in [0.05, 0.1) is 4.90 Å². The molecule has 0 spiro atoms. The van der Waals surface area contributed by atoms with Crippen molar-refractivity contribution in [3.8, 4) is 0 Å². The summed E-state index contributed by atoms with van der Waals surface area (Å²) in [7, 11) is -3.50. The molecule has 0 saturated carbocycles. The highest BCUT2D eigenvalue weighted by atomic mass is 35.5. The van der Waals surface area contributed by atoms with Crippen LogP contribution in [0.1, 0.15) is 30.6 Å². The molecule has 146 valence electrons. The van der Waals surface area contributed by atoms with Gasteiger partial charge in [0.2, 0.25) is 10.0 Å². The van der Waals surface area contributed by atoms with Gasteiger partial charge in [-0.1, -0.05) is 13.8 Å². The van der Waals surface area contributed by atoms with E-state index in [0.717, 1.165) is 19.5 Å². The molecule has 2 atom stereocenters. The van der Waals surface area contributed by atoms with Crippen LogP contribution < -0.4 is 5.32 Å². The fourth-order valence-corrected chi connectivity index (χ4v) is 5.45. The first-order valence-corrected chi connectivity index (χ1v) is 10.4. The minimum atomic E-state index is -3.50. The number of piperidine rings is 1. The second kappa shape index (κ2) is 8.69. The number of sulfonamides is 1. The van der Waals surface area contributed by atoms with Crippen LogP contribution in [0.15, 0.2) is 29.2 Å². The Morgan fingerprint density at radius 1 is 1.04 bits per heavy atom. The van der Waals surface area contributed by atoms with Gasteiger partial charge in [-0.25, -0.2) is 8.42 Å². The normalized spacial score (nSPS) is 24.8. The van der Waals surface area contributed by atoms with E-state index in [1.165, 1.54) is 0 Å². The minimum absolute atomic E-state index is 0. The van der Waals surface area contributed by atoms with E-state index in [4.69, 9.17) is 0 Å². The van der Waals surface area contributed by atoms with Crippen LogP contribution >= 0.6 is 12.4 Å². The first-order chi connectivity index (χ1) is 11.9. The molecule has 1 aromatic rings. The summed E-state index contributed by atoms with van der Waals surface area (Å²) in [5, 5.41) is 3.21. The minimum Gasteiger partial charge on any atom is -0.336 e. The first kappa shape index (κ1) is 21.2. The van der Waals surface area contributed by atoms with E-state index in [1.807, 2.05) is 0 Å². The molecule has 3 rings (SSSR count). The fraction of sp³-hybridized carbons (Fsp3) is 0.611. The Morgan fingerprint density at radius 3 is 2.12 bits per heavy atom. The van der Waals surface area contributed by atoms with E-state index in [1.54, 1.807) is 33.5 Å². The highest BCUT2D eigenvalue weighted by Gasteiger charge is 2.31. The Labute approximate surface area is 162 Å². The van der Waals surface area contributed by atoms with Gasteiger partial charge in [-0.2, -0.15) is 4.31 Å². The number of nitrogens with one attached hydrogen (secondary N) is 1. The molecular weight excluding hydrogens is 374 g/mol. The molecule has 2 aliphatic rings. The molecule has 0 aromatic heterocycles. The Morgan fingerprint density at radius 2 is 1.58 bits per heavy atom. The summed E-state index contributed by atoms with van der Waals surface area (Å²) >= 11 is 0. The zero-order valence-electron chi connectivity index (χ0n) is 15.3. The van der Waals surface area contributed by atoms with Crippen LogP contribution in [-0.4, -0.2) is 62.8 Å². The molecular formula is C18H28ClN3O3S. The third kappa shape index (κ3) is 4.57. The molecule has 2 saturated heterocycles. The Balaban J connectivity index is 0.00000243. The average molecular weight is 402 g/mol. The van der Waals surface area contributed by atoms with E-state index in [0.29, 0.717) is 43.6 Å². The van der Waals surface area contributed by atoms with Crippen LogP contribution in [0, 0.1) is 11.8 Å². The number of carbonyl (C=O) groups excluding carboxylic acids is 1. The van der Waals surface area contributed by atoms with Crippen molar-refractivity contribution in [3.63, 3.8) is 0 Å². The number of amides is 1. The molecule has 2 fully saturated rings. The SMILES string of the molecule is CC1CC(C)CN(S(=O)(=O)c2ccc(C(=O)N3CCNCC3)cc2)C1.Cl. The standard InChI is InChI=1S/C18H27N3O3S.ClH/c1-14-11-15(2)13-21(12-14)25(23,24)17-5-3-16(4-6-17)18(22)20-9-7-19-8-10-20;/h3-6,14-15,19H,7-13H2,1-2H3;1H. The highest BCUT2D eigenvalue weighted by Crippen LogP contribution is 2.26. The van der Waals surface area contributed by atoms with Crippen molar-refractivity contribution in [3.05, 3.63) is 29.8 Å². The summed E-state index contributed by atoms with van der Waals surface area (Å²) in [5.74, 6) is 0.699. The van der Waals surface area contributed by atoms with Crippen LogP contribution in [0.2, 0.25) is 0 Å². The molecule has 1 N–H and O–H groups in total. The third-order valence-electron chi connectivity index (χ3n) is 4.98. The highest BCUT2D eigenvalue weighted by molar-refractivity contribution is 7.89. The molecule has 0 aliphatic carbocycles. The summed E-state index contributed by atoms with van der Waals surface area (Å²) in [6.45, 7) is 8.26. The van der Waals surface area contributed by atoms with Crippen molar-refractivity contribution in [2.75, 3.05) is 39.3 Å². The van der Waals surface area contributed by atoms with Gasteiger partial charge in [0.25, 0.3) is 5.91 Å². The summed E-state index contributed by atoms with van der Waals surface area (Å²) in [6, 6.07) is 6.39. The van der Waals surface area contributed by atoms with Crippen molar-refractivity contribution >= 4 is 28.3 Å². The lowest BCUT2D eigenvalue weighted by Crippen LogP contribution is -2.46. The lowest BCUT2D eigenvalue weighted by molar-refractivity contribution is 0.0735. The summed E-state index contributed by atoms with van der Waals surface area (Å²) in [4.78, 5) is 14.6. The van der Waals surface area contributed by atoms with Crippen LogP contribution in [0.3, 0.4) is 0 Å². The number of rotatable bonds is 3. The molecule has 1 aromatic carbocycles. The van der Waals surface area contributed by atoms with E-state index in [-0.39, 0.29) is 23.2 Å². The maximum absolute atomic E-state index is 12.9. The predicted molar refractivity (Wildman–Crippen MR) is 104 cm³/mol. The Bertz CT molecular complexity index is 708. The van der Waals surface area contributed by atoms with Crippen LogP contribution in [0.25, 0.3) is 0 Å². The maximum atomic E-state index is 12.9. The number of piperazine rings is 1. The van der Waals surface area contributed by atoms with E-state index >= 15 is 0 Å². The Hall–Kier alpha value is -1.15.